The average molecular weight is 332 g/mol. The Balaban J connectivity index is 2.06. The van der Waals surface area contributed by atoms with Crippen LogP contribution in [0.1, 0.15) is 51.0 Å². The lowest BCUT2D eigenvalue weighted by molar-refractivity contribution is 0.128. The molecule has 1 atom stereocenters. The van der Waals surface area contributed by atoms with E-state index >= 15 is 0 Å². The summed E-state index contributed by atoms with van der Waals surface area (Å²) < 4.78 is 53.5. The molecule has 5 heteroatoms. The summed E-state index contributed by atoms with van der Waals surface area (Å²) in [7, 11) is 0. The molecular weight excluding hydrogens is 308 g/mol. The van der Waals surface area contributed by atoms with Crippen LogP contribution >= 0.6 is 0 Å². The highest BCUT2D eigenvalue weighted by Gasteiger charge is 2.29. The van der Waals surface area contributed by atoms with Gasteiger partial charge in [-0.1, -0.05) is 32.6 Å². The molecule has 1 aliphatic rings. The van der Waals surface area contributed by atoms with Gasteiger partial charge in [-0.25, -0.2) is 17.6 Å². The van der Waals surface area contributed by atoms with Crippen LogP contribution in [-0.2, 0) is 6.42 Å². The van der Waals surface area contributed by atoms with E-state index in [1.807, 2.05) is 0 Å². The molecule has 0 aliphatic heterocycles. The fraction of sp³-hybridized carbons (Fsp3) is 0.667. The summed E-state index contributed by atoms with van der Waals surface area (Å²) >= 11 is 0. The predicted octanol–water partition coefficient (Wildman–Crippen LogP) is 5.00. The van der Waals surface area contributed by atoms with Gasteiger partial charge in [0.15, 0.2) is 23.3 Å². The molecule has 0 radical (unpaired) electrons. The molecule has 1 aromatic rings. The zero-order valence-electron chi connectivity index (χ0n) is 13.4. The Morgan fingerprint density at radius 1 is 1.04 bits per heavy atom. The Morgan fingerprint density at radius 2 is 1.70 bits per heavy atom. The van der Waals surface area contributed by atoms with Gasteiger partial charge in [-0.05, 0) is 48.6 Å². The van der Waals surface area contributed by atoms with E-state index in [9.17, 15) is 22.7 Å². The van der Waals surface area contributed by atoms with Crippen LogP contribution in [0.25, 0.3) is 0 Å². The second-order valence-electron chi connectivity index (χ2n) is 6.68. The van der Waals surface area contributed by atoms with Gasteiger partial charge >= 0.3 is 0 Å². The number of aliphatic hydroxyl groups excluding tert-OH is 1. The Morgan fingerprint density at radius 3 is 2.26 bits per heavy atom. The van der Waals surface area contributed by atoms with E-state index in [0.717, 1.165) is 32.1 Å². The van der Waals surface area contributed by atoms with Gasteiger partial charge in [-0.2, -0.15) is 0 Å². The van der Waals surface area contributed by atoms with Crippen LogP contribution in [0.4, 0.5) is 17.6 Å². The van der Waals surface area contributed by atoms with Gasteiger partial charge in [-0.15, -0.1) is 0 Å². The number of hydrogen-bond donors (Lipinski definition) is 1. The van der Waals surface area contributed by atoms with Crippen LogP contribution in [-0.4, -0.2) is 11.7 Å². The van der Waals surface area contributed by atoms with Gasteiger partial charge in [0.2, 0.25) is 0 Å². The number of benzene rings is 1. The summed E-state index contributed by atoms with van der Waals surface area (Å²) in [5.74, 6) is -5.63. The van der Waals surface area contributed by atoms with Gasteiger partial charge in [0.05, 0.1) is 0 Å². The van der Waals surface area contributed by atoms with Crippen LogP contribution in [0.2, 0.25) is 0 Å². The lowest BCUT2D eigenvalue weighted by Gasteiger charge is -2.33. The summed E-state index contributed by atoms with van der Waals surface area (Å²) in [6, 6.07) is 0.707. The second-order valence-corrected chi connectivity index (χ2v) is 6.68. The molecule has 2 rings (SSSR count). The van der Waals surface area contributed by atoms with Gasteiger partial charge in [0.1, 0.15) is 0 Å². The fourth-order valence-corrected chi connectivity index (χ4v) is 3.79. The molecule has 23 heavy (non-hydrogen) atoms. The van der Waals surface area contributed by atoms with Crippen LogP contribution in [0, 0.1) is 41.0 Å². The van der Waals surface area contributed by atoms with Crippen molar-refractivity contribution in [2.24, 2.45) is 17.8 Å². The molecule has 1 unspecified atom stereocenters. The number of aliphatic hydroxyl groups is 1. The van der Waals surface area contributed by atoms with Crippen molar-refractivity contribution < 1.29 is 22.7 Å². The van der Waals surface area contributed by atoms with Gasteiger partial charge in [-0.3, -0.25) is 0 Å². The van der Waals surface area contributed by atoms with Crippen LogP contribution < -0.4 is 0 Å². The Labute approximate surface area is 134 Å². The van der Waals surface area contributed by atoms with Gasteiger partial charge < -0.3 is 5.11 Å². The van der Waals surface area contributed by atoms with Crippen molar-refractivity contribution in [1.82, 2.24) is 0 Å². The first kappa shape index (κ1) is 18.2. The molecule has 1 aliphatic carbocycles. The van der Waals surface area contributed by atoms with Crippen molar-refractivity contribution in [1.29, 1.82) is 0 Å². The summed E-state index contributed by atoms with van der Waals surface area (Å²) in [6.45, 7) is 1.99. The highest BCUT2D eigenvalue weighted by atomic mass is 19.2. The van der Waals surface area contributed by atoms with Crippen molar-refractivity contribution in [3.05, 3.63) is 34.9 Å². The number of halogens is 4. The maximum absolute atomic E-state index is 13.8. The minimum atomic E-state index is -1.79. The summed E-state index contributed by atoms with van der Waals surface area (Å²) in [5, 5.41) is 9.61. The van der Waals surface area contributed by atoms with E-state index in [-0.39, 0.29) is 30.4 Å². The van der Waals surface area contributed by atoms with Crippen LogP contribution in [0.5, 0.6) is 0 Å². The maximum Gasteiger partial charge on any atom is 0.197 e. The minimum Gasteiger partial charge on any atom is -0.396 e. The molecule has 1 nitrogen and oxygen atoms in total. The average Bonchev–Trinajstić information content (AvgIpc) is 2.56. The molecule has 0 aromatic heterocycles. The largest absolute Gasteiger partial charge is 0.396 e. The molecule has 1 N–H and O–H groups in total. The predicted molar refractivity (Wildman–Crippen MR) is 80.9 cm³/mol. The monoisotopic (exact) mass is 332 g/mol. The normalized spacial score (nSPS) is 23.0. The highest BCUT2D eigenvalue weighted by molar-refractivity contribution is 5.22. The van der Waals surface area contributed by atoms with E-state index < -0.39 is 23.3 Å². The lowest BCUT2D eigenvalue weighted by Crippen LogP contribution is -2.26. The first-order chi connectivity index (χ1) is 11.0. The molecule has 1 saturated carbocycles. The molecule has 0 bridgehead atoms. The zero-order chi connectivity index (χ0) is 17.0. The molecule has 0 heterocycles. The first-order valence-electron chi connectivity index (χ1n) is 8.40. The quantitative estimate of drug-likeness (QED) is 0.441. The molecule has 130 valence electrons. The lowest BCUT2D eigenvalue weighted by atomic mass is 9.73. The van der Waals surface area contributed by atoms with Gasteiger partial charge in [0, 0.05) is 6.61 Å². The number of rotatable bonds is 6. The third-order valence-corrected chi connectivity index (χ3v) is 5.15. The molecule has 0 saturated heterocycles. The highest BCUT2D eigenvalue weighted by Crippen LogP contribution is 2.37. The third kappa shape index (κ3) is 4.25. The number of hydrogen-bond acceptors (Lipinski definition) is 1. The second kappa shape index (κ2) is 8.13. The van der Waals surface area contributed by atoms with Crippen molar-refractivity contribution in [3.63, 3.8) is 0 Å². The van der Waals surface area contributed by atoms with Crippen molar-refractivity contribution in [2.75, 3.05) is 6.61 Å². The smallest absolute Gasteiger partial charge is 0.197 e. The molecular formula is C18H24F4O. The van der Waals surface area contributed by atoms with Crippen LogP contribution in [0.3, 0.4) is 0 Å². The standard InChI is InChI=1S/C18H24F4O/c1-2-3-11-4-6-12(7-5-11)14(10-23)8-13-9-15(19)17(21)18(22)16(13)20/h9,11-12,14,23H,2-8,10H2,1H3. The topological polar surface area (TPSA) is 20.2 Å². The molecule has 0 amide bonds. The molecule has 0 spiro atoms. The SMILES string of the molecule is CCCC1CCC(C(CO)Cc2cc(F)c(F)c(F)c2F)CC1. The summed E-state index contributed by atoms with van der Waals surface area (Å²) in [4.78, 5) is 0. The first-order valence-corrected chi connectivity index (χ1v) is 8.40. The van der Waals surface area contributed by atoms with Crippen LogP contribution in [0.15, 0.2) is 6.07 Å². The maximum atomic E-state index is 13.8. The molecule has 1 aromatic carbocycles. The fourth-order valence-electron chi connectivity index (χ4n) is 3.79. The third-order valence-electron chi connectivity index (χ3n) is 5.15. The summed E-state index contributed by atoms with van der Waals surface area (Å²) in [5.41, 5.74) is -0.198. The van der Waals surface area contributed by atoms with Crippen molar-refractivity contribution >= 4 is 0 Å². The summed E-state index contributed by atoms with van der Waals surface area (Å²) in [6.07, 6.45) is 6.39. The van der Waals surface area contributed by atoms with E-state index in [2.05, 4.69) is 6.92 Å². The minimum absolute atomic E-state index is 0.0273. The Bertz CT molecular complexity index is 524. The van der Waals surface area contributed by atoms with Crippen molar-refractivity contribution in [3.8, 4) is 0 Å². The van der Waals surface area contributed by atoms with E-state index in [1.54, 1.807) is 0 Å². The molecule has 1 fully saturated rings. The Hall–Kier alpha value is -1.10. The van der Waals surface area contributed by atoms with E-state index in [4.69, 9.17) is 0 Å². The van der Waals surface area contributed by atoms with E-state index in [1.165, 1.54) is 6.42 Å². The van der Waals surface area contributed by atoms with Gasteiger partial charge in [0.25, 0.3) is 0 Å². The zero-order valence-corrected chi connectivity index (χ0v) is 13.4. The van der Waals surface area contributed by atoms with E-state index in [0.29, 0.717) is 12.0 Å². The Kier molecular flexibility index (Phi) is 6.45. The van der Waals surface area contributed by atoms with Crippen molar-refractivity contribution in [2.45, 2.75) is 51.9 Å².